The smallest absolute Gasteiger partial charge is 0.328 e. The zero-order valence-corrected chi connectivity index (χ0v) is 9.12. The Balaban J connectivity index is 2.48. The monoisotopic (exact) mass is 211 g/mol. The molecule has 1 unspecified atom stereocenters. The van der Waals surface area contributed by atoms with Crippen LogP contribution in [-0.2, 0) is 9.59 Å². The van der Waals surface area contributed by atoms with Crippen LogP contribution in [0.1, 0.15) is 33.1 Å². The second-order valence-corrected chi connectivity index (χ2v) is 4.61. The summed E-state index contributed by atoms with van der Waals surface area (Å²) in [7, 11) is 0. The molecule has 4 heteroatoms. The van der Waals surface area contributed by atoms with Crippen molar-refractivity contribution in [3.05, 3.63) is 12.2 Å². The summed E-state index contributed by atoms with van der Waals surface area (Å²) in [6.07, 6.45) is 5.11. The molecule has 0 bridgehead atoms. The van der Waals surface area contributed by atoms with Crippen LogP contribution in [0, 0.1) is 5.41 Å². The van der Waals surface area contributed by atoms with Gasteiger partial charge in [0.1, 0.15) is 0 Å². The maximum atomic E-state index is 11.3. The van der Waals surface area contributed by atoms with Gasteiger partial charge in [-0.3, -0.25) is 4.79 Å². The van der Waals surface area contributed by atoms with E-state index in [1.54, 1.807) is 0 Å². The van der Waals surface area contributed by atoms with Crippen molar-refractivity contribution in [3.63, 3.8) is 0 Å². The number of rotatable bonds is 3. The number of carboxylic acids is 1. The molecule has 0 heterocycles. The van der Waals surface area contributed by atoms with Gasteiger partial charge in [0.25, 0.3) is 0 Å². The summed E-state index contributed by atoms with van der Waals surface area (Å²) in [5, 5.41) is 11.2. The van der Waals surface area contributed by atoms with Crippen molar-refractivity contribution in [1.29, 1.82) is 0 Å². The van der Waals surface area contributed by atoms with Crippen LogP contribution in [0.5, 0.6) is 0 Å². The van der Waals surface area contributed by atoms with Crippen LogP contribution >= 0.6 is 0 Å². The van der Waals surface area contributed by atoms with Crippen molar-refractivity contribution in [3.8, 4) is 0 Å². The summed E-state index contributed by atoms with van der Waals surface area (Å²) in [6.45, 7) is 4.23. The molecule has 15 heavy (non-hydrogen) atoms. The maximum absolute atomic E-state index is 11.3. The highest BCUT2D eigenvalue weighted by Gasteiger charge is 2.34. The first-order chi connectivity index (χ1) is 6.92. The predicted molar refractivity (Wildman–Crippen MR) is 56.3 cm³/mol. The molecule has 1 rings (SSSR count). The van der Waals surface area contributed by atoms with Crippen LogP contribution in [0.25, 0.3) is 0 Å². The summed E-state index contributed by atoms with van der Waals surface area (Å²) in [5.74, 6) is -1.42. The Morgan fingerprint density at radius 3 is 2.53 bits per heavy atom. The van der Waals surface area contributed by atoms with Crippen molar-refractivity contribution >= 4 is 11.9 Å². The van der Waals surface area contributed by atoms with E-state index in [4.69, 9.17) is 5.11 Å². The van der Waals surface area contributed by atoms with Gasteiger partial charge in [0.2, 0.25) is 5.91 Å². The Morgan fingerprint density at radius 2 is 2.07 bits per heavy atom. The number of amides is 1. The molecule has 0 spiro atoms. The van der Waals surface area contributed by atoms with Crippen LogP contribution in [0.2, 0.25) is 0 Å². The third-order valence-electron chi connectivity index (χ3n) is 2.95. The van der Waals surface area contributed by atoms with E-state index in [0.29, 0.717) is 0 Å². The molecule has 1 aliphatic rings. The standard InChI is InChI=1S/C11H17NO3/c1-11(2)7-3-4-8(11)12-9(13)5-6-10(14)15/h5-6,8H,3-4,7H2,1-2H3,(H,12,13)(H,14,15)/b6-5-. The lowest BCUT2D eigenvalue weighted by atomic mass is 9.87. The largest absolute Gasteiger partial charge is 0.478 e. The zero-order valence-electron chi connectivity index (χ0n) is 9.12. The van der Waals surface area contributed by atoms with Gasteiger partial charge in [-0.2, -0.15) is 0 Å². The van der Waals surface area contributed by atoms with E-state index in [1.165, 1.54) is 0 Å². The highest BCUT2D eigenvalue weighted by molar-refractivity contribution is 5.94. The van der Waals surface area contributed by atoms with Gasteiger partial charge in [-0.1, -0.05) is 20.3 Å². The van der Waals surface area contributed by atoms with Gasteiger partial charge in [0, 0.05) is 18.2 Å². The molecule has 1 aliphatic carbocycles. The summed E-state index contributed by atoms with van der Waals surface area (Å²) in [4.78, 5) is 21.5. The van der Waals surface area contributed by atoms with Gasteiger partial charge in [-0.25, -0.2) is 4.79 Å². The lowest BCUT2D eigenvalue weighted by Crippen LogP contribution is -2.40. The molecule has 0 aromatic heterocycles. The van der Waals surface area contributed by atoms with E-state index in [-0.39, 0.29) is 17.4 Å². The Morgan fingerprint density at radius 1 is 1.40 bits per heavy atom. The van der Waals surface area contributed by atoms with Gasteiger partial charge in [-0.15, -0.1) is 0 Å². The van der Waals surface area contributed by atoms with Crippen molar-refractivity contribution in [1.82, 2.24) is 5.32 Å². The van der Waals surface area contributed by atoms with Gasteiger partial charge in [0.05, 0.1) is 0 Å². The number of nitrogens with one attached hydrogen (secondary N) is 1. The molecule has 1 saturated carbocycles. The quantitative estimate of drug-likeness (QED) is 0.692. The molecular weight excluding hydrogens is 194 g/mol. The minimum atomic E-state index is -1.10. The summed E-state index contributed by atoms with van der Waals surface area (Å²) >= 11 is 0. The lowest BCUT2D eigenvalue weighted by Gasteiger charge is -2.27. The first kappa shape index (κ1) is 11.8. The number of aliphatic carboxylic acids is 1. The second kappa shape index (κ2) is 4.47. The third-order valence-corrected chi connectivity index (χ3v) is 2.95. The molecule has 4 nitrogen and oxygen atoms in total. The van der Waals surface area contributed by atoms with Gasteiger partial charge < -0.3 is 10.4 Å². The molecule has 1 atom stereocenters. The molecule has 2 N–H and O–H groups in total. The highest BCUT2D eigenvalue weighted by Crippen LogP contribution is 2.37. The van der Waals surface area contributed by atoms with Crippen molar-refractivity contribution in [2.24, 2.45) is 5.41 Å². The van der Waals surface area contributed by atoms with Crippen LogP contribution in [0.3, 0.4) is 0 Å². The minimum Gasteiger partial charge on any atom is -0.478 e. The van der Waals surface area contributed by atoms with Gasteiger partial charge >= 0.3 is 5.97 Å². The lowest BCUT2D eigenvalue weighted by molar-refractivity contribution is -0.131. The summed E-state index contributed by atoms with van der Waals surface area (Å²) in [5.41, 5.74) is 0.118. The number of carboxylic acid groups (broad SMARTS) is 1. The normalized spacial score (nSPS) is 24.3. The predicted octanol–water partition coefficient (Wildman–Crippen LogP) is 1.32. The summed E-state index contributed by atoms with van der Waals surface area (Å²) < 4.78 is 0. The minimum absolute atomic E-state index is 0.118. The Labute approximate surface area is 89.4 Å². The van der Waals surface area contributed by atoms with Gasteiger partial charge in [0.15, 0.2) is 0 Å². The van der Waals surface area contributed by atoms with E-state index in [0.717, 1.165) is 31.4 Å². The fourth-order valence-corrected chi connectivity index (χ4v) is 1.96. The highest BCUT2D eigenvalue weighted by atomic mass is 16.4. The van der Waals surface area contributed by atoms with Crippen LogP contribution in [0.15, 0.2) is 12.2 Å². The molecule has 1 fully saturated rings. The average molecular weight is 211 g/mol. The summed E-state index contributed by atoms with van der Waals surface area (Å²) in [6, 6.07) is 0.156. The first-order valence-corrected chi connectivity index (χ1v) is 5.13. The molecule has 0 saturated heterocycles. The SMILES string of the molecule is CC1(C)CCCC1NC(=O)/C=C\C(=O)O. The maximum Gasteiger partial charge on any atom is 0.328 e. The number of carbonyl (C=O) groups is 2. The number of hydrogen-bond acceptors (Lipinski definition) is 2. The molecular formula is C11H17NO3. The first-order valence-electron chi connectivity index (χ1n) is 5.13. The van der Waals surface area contributed by atoms with Crippen LogP contribution in [0.4, 0.5) is 0 Å². The molecule has 0 radical (unpaired) electrons. The van der Waals surface area contributed by atoms with E-state index in [2.05, 4.69) is 19.2 Å². The van der Waals surface area contributed by atoms with Crippen LogP contribution in [-0.4, -0.2) is 23.0 Å². The molecule has 84 valence electrons. The molecule has 0 aromatic rings. The molecule has 1 amide bonds. The molecule has 0 aliphatic heterocycles. The second-order valence-electron chi connectivity index (χ2n) is 4.61. The van der Waals surface area contributed by atoms with E-state index in [9.17, 15) is 9.59 Å². The topological polar surface area (TPSA) is 66.4 Å². The Bertz CT molecular complexity index is 294. The van der Waals surface area contributed by atoms with E-state index >= 15 is 0 Å². The van der Waals surface area contributed by atoms with Crippen molar-refractivity contribution < 1.29 is 14.7 Å². The number of hydrogen-bond donors (Lipinski definition) is 2. The van der Waals surface area contributed by atoms with Crippen molar-refractivity contribution in [2.45, 2.75) is 39.2 Å². The van der Waals surface area contributed by atoms with E-state index in [1.807, 2.05) is 0 Å². The van der Waals surface area contributed by atoms with Gasteiger partial charge in [-0.05, 0) is 18.3 Å². The fourth-order valence-electron chi connectivity index (χ4n) is 1.96. The third kappa shape index (κ3) is 3.38. The van der Waals surface area contributed by atoms with Crippen molar-refractivity contribution in [2.75, 3.05) is 0 Å². The van der Waals surface area contributed by atoms with Crippen LogP contribution < -0.4 is 5.32 Å². The fraction of sp³-hybridized carbons (Fsp3) is 0.636. The zero-order chi connectivity index (χ0) is 11.5. The van der Waals surface area contributed by atoms with E-state index < -0.39 is 5.97 Å². The average Bonchev–Trinajstić information content (AvgIpc) is 2.43. The Kier molecular flexibility index (Phi) is 3.50. The Hall–Kier alpha value is -1.32. The number of carbonyl (C=O) groups excluding carboxylic acids is 1. The molecule has 0 aromatic carbocycles.